The van der Waals surface area contributed by atoms with E-state index >= 15 is 0 Å². The van der Waals surface area contributed by atoms with Gasteiger partial charge in [0.05, 0.1) is 18.5 Å². The van der Waals surface area contributed by atoms with E-state index in [0.717, 1.165) is 28.3 Å². The lowest BCUT2D eigenvalue weighted by molar-refractivity contribution is 0.102. The van der Waals surface area contributed by atoms with Crippen LogP contribution in [0.25, 0.3) is 28.2 Å². The number of carbonyl (C=O) groups is 1. The molecule has 0 bridgehead atoms. The highest BCUT2D eigenvalue weighted by molar-refractivity contribution is 6.05. The fraction of sp³-hybridized carbons (Fsp3) is 0.0385. The van der Waals surface area contributed by atoms with E-state index in [1.165, 1.54) is 0 Å². The molecule has 156 valence electrons. The molecule has 5 rings (SSSR count). The molecule has 0 atom stereocenters. The van der Waals surface area contributed by atoms with Gasteiger partial charge in [-0.15, -0.1) is 0 Å². The van der Waals surface area contributed by atoms with Crippen LogP contribution in [0.15, 0.2) is 97.3 Å². The predicted octanol–water partition coefficient (Wildman–Crippen LogP) is 5.32. The molecule has 0 radical (unpaired) electrons. The Bertz CT molecular complexity index is 1380. The topological polar surface area (TPSA) is 68.5 Å². The average Bonchev–Trinajstić information content (AvgIpc) is 3.30. The Labute approximate surface area is 185 Å². The van der Waals surface area contributed by atoms with Crippen molar-refractivity contribution in [1.82, 2.24) is 14.4 Å². The molecular weight excluding hydrogens is 400 g/mol. The monoisotopic (exact) mass is 420 g/mol. The van der Waals surface area contributed by atoms with Crippen LogP contribution in [-0.2, 0) is 0 Å². The Hall–Kier alpha value is -4.45. The minimum atomic E-state index is -0.237. The highest BCUT2D eigenvalue weighted by atomic mass is 16.5. The second kappa shape index (κ2) is 8.35. The van der Waals surface area contributed by atoms with Crippen molar-refractivity contribution >= 4 is 17.4 Å². The van der Waals surface area contributed by atoms with Gasteiger partial charge in [-0.2, -0.15) is 0 Å². The highest BCUT2D eigenvalue weighted by Gasteiger charge is 2.15. The molecule has 0 aliphatic rings. The number of hydrogen-bond acceptors (Lipinski definition) is 4. The molecule has 1 N–H and O–H groups in total. The third-order valence-corrected chi connectivity index (χ3v) is 5.16. The third kappa shape index (κ3) is 3.81. The first kappa shape index (κ1) is 19.5. The van der Waals surface area contributed by atoms with Crippen molar-refractivity contribution in [1.29, 1.82) is 0 Å². The maximum absolute atomic E-state index is 12.9. The number of hydrogen-bond donors (Lipinski definition) is 1. The summed E-state index contributed by atoms with van der Waals surface area (Å²) in [6.07, 6.45) is 3.85. The number of carbonyl (C=O) groups excluding carboxylic acids is 1. The van der Waals surface area contributed by atoms with Crippen LogP contribution < -0.4 is 10.1 Å². The Morgan fingerprint density at radius 3 is 2.03 bits per heavy atom. The molecule has 5 aromatic rings. The Kier molecular flexibility index (Phi) is 5.09. The van der Waals surface area contributed by atoms with Crippen LogP contribution in [0.3, 0.4) is 0 Å². The zero-order valence-corrected chi connectivity index (χ0v) is 17.4. The molecule has 0 spiro atoms. The predicted molar refractivity (Wildman–Crippen MR) is 125 cm³/mol. The molecule has 3 aromatic carbocycles. The van der Waals surface area contributed by atoms with E-state index in [-0.39, 0.29) is 5.91 Å². The number of anilines is 1. The molecule has 0 unspecified atom stereocenters. The van der Waals surface area contributed by atoms with Crippen LogP contribution in [0.2, 0.25) is 0 Å². The van der Waals surface area contributed by atoms with Gasteiger partial charge < -0.3 is 14.5 Å². The number of fused-ring (bicyclic) bond motifs is 1. The molecule has 6 nitrogen and oxygen atoms in total. The molecule has 0 saturated carbocycles. The largest absolute Gasteiger partial charge is 0.497 e. The summed E-state index contributed by atoms with van der Waals surface area (Å²) in [6, 6.07) is 26.6. The van der Waals surface area contributed by atoms with E-state index in [9.17, 15) is 4.79 Å². The first-order valence-electron chi connectivity index (χ1n) is 10.2. The molecular formula is C26H20N4O2. The van der Waals surface area contributed by atoms with Crippen LogP contribution >= 0.6 is 0 Å². The minimum absolute atomic E-state index is 0.237. The Morgan fingerprint density at radius 1 is 0.781 bits per heavy atom. The van der Waals surface area contributed by atoms with Gasteiger partial charge in [-0.1, -0.05) is 48.5 Å². The van der Waals surface area contributed by atoms with E-state index in [1.807, 2.05) is 89.6 Å². The number of aromatic nitrogens is 3. The second-order valence-electron chi connectivity index (χ2n) is 7.25. The number of amides is 1. The number of methoxy groups -OCH3 is 1. The summed E-state index contributed by atoms with van der Waals surface area (Å²) in [5, 5.41) is 2.94. The number of nitrogens with zero attached hydrogens (tertiary/aromatic N) is 3. The first-order valence-corrected chi connectivity index (χ1v) is 10.2. The molecule has 0 fully saturated rings. The van der Waals surface area contributed by atoms with E-state index in [4.69, 9.17) is 14.7 Å². The lowest BCUT2D eigenvalue weighted by Gasteiger charge is -2.09. The average molecular weight is 420 g/mol. The summed E-state index contributed by atoms with van der Waals surface area (Å²) in [6.45, 7) is 0. The van der Waals surface area contributed by atoms with Gasteiger partial charge in [-0.25, -0.2) is 9.97 Å². The van der Waals surface area contributed by atoms with E-state index in [2.05, 4.69) is 5.32 Å². The minimum Gasteiger partial charge on any atom is -0.497 e. The molecule has 0 aliphatic heterocycles. The first-order chi connectivity index (χ1) is 15.7. The zero-order valence-electron chi connectivity index (χ0n) is 17.4. The molecule has 0 saturated heterocycles. The standard InChI is InChI=1S/C26H20N4O2/c1-32-21-14-12-19(13-15-21)23-17-30-16-22(18-8-4-2-5-9-18)27-24(25(30)28-23)29-26(31)20-10-6-3-7-11-20/h2-17H,1H3,(H,27,29,31). The van der Waals surface area contributed by atoms with Crippen LogP contribution in [0, 0.1) is 0 Å². The van der Waals surface area contributed by atoms with Crippen molar-refractivity contribution in [3.8, 4) is 28.3 Å². The normalized spacial score (nSPS) is 10.8. The van der Waals surface area contributed by atoms with E-state index in [1.54, 1.807) is 19.2 Å². The number of rotatable bonds is 5. The molecule has 2 heterocycles. The number of ether oxygens (including phenoxy) is 1. The molecule has 0 aliphatic carbocycles. The highest BCUT2D eigenvalue weighted by Crippen LogP contribution is 2.27. The van der Waals surface area contributed by atoms with Crippen molar-refractivity contribution in [3.63, 3.8) is 0 Å². The maximum Gasteiger partial charge on any atom is 0.256 e. The van der Waals surface area contributed by atoms with Crippen molar-refractivity contribution in [2.45, 2.75) is 0 Å². The second-order valence-corrected chi connectivity index (χ2v) is 7.25. The molecule has 1 amide bonds. The zero-order chi connectivity index (χ0) is 21.9. The van der Waals surface area contributed by atoms with Crippen molar-refractivity contribution in [3.05, 3.63) is 103 Å². The van der Waals surface area contributed by atoms with Crippen molar-refractivity contribution in [2.24, 2.45) is 0 Å². The van der Waals surface area contributed by atoms with Crippen molar-refractivity contribution < 1.29 is 9.53 Å². The van der Waals surface area contributed by atoms with Gasteiger partial charge in [0.1, 0.15) is 5.75 Å². The number of imidazole rings is 1. The van der Waals surface area contributed by atoms with Gasteiger partial charge in [0.2, 0.25) is 0 Å². The van der Waals surface area contributed by atoms with Crippen molar-refractivity contribution in [2.75, 3.05) is 12.4 Å². The maximum atomic E-state index is 12.9. The fourth-order valence-corrected chi connectivity index (χ4v) is 3.50. The van der Waals surface area contributed by atoms with Crippen LogP contribution in [0.4, 0.5) is 5.82 Å². The summed E-state index contributed by atoms with van der Waals surface area (Å²) in [4.78, 5) is 22.4. The quantitative estimate of drug-likeness (QED) is 0.418. The van der Waals surface area contributed by atoms with Gasteiger partial charge in [0.25, 0.3) is 5.91 Å². The van der Waals surface area contributed by atoms with E-state index in [0.29, 0.717) is 17.0 Å². The molecule has 32 heavy (non-hydrogen) atoms. The third-order valence-electron chi connectivity index (χ3n) is 5.16. The van der Waals surface area contributed by atoms with Gasteiger partial charge in [-0.3, -0.25) is 4.79 Å². The molecule has 6 heteroatoms. The summed E-state index contributed by atoms with van der Waals surface area (Å²) >= 11 is 0. The van der Waals surface area contributed by atoms with Crippen LogP contribution in [0.1, 0.15) is 10.4 Å². The van der Waals surface area contributed by atoms with Gasteiger partial charge in [0.15, 0.2) is 11.5 Å². The molecule has 2 aromatic heterocycles. The Balaban J connectivity index is 1.61. The summed E-state index contributed by atoms with van der Waals surface area (Å²) in [5.74, 6) is 0.945. The Morgan fingerprint density at radius 2 is 1.38 bits per heavy atom. The van der Waals surface area contributed by atoms with Gasteiger partial charge in [-0.05, 0) is 36.4 Å². The lowest BCUT2D eigenvalue weighted by Crippen LogP contribution is -2.14. The summed E-state index contributed by atoms with van der Waals surface area (Å²) < 4.78 is 7.15. The van der Waals surface area contributed by atoms with Crippen LogP contribution in [0.5, 0.6) is 5.75 Å². The van der Waals surface area contributed by atoms with Gasteiger partial charge in [0, 0.05) is 29.1 Å². The number of nitrogens with one attached hydrogen (secondary N) is 1. The smallest absolute Gasteiger partial charge is 0.256 e. The van der Waals surface area contributed by atoms with Crippen LogP contribution in [-0.4, -0.2) is 27.4 Å². The summed E-state index contributed by atoms with van der Waals surface area (Å²) in [5.41, 5.74) is 4.52. The lowest BCUT2D eigenvalue weighted by atomic mass is 10.1. The fourth-order valence-electron chi connectivity index (χ4n) is 3.50. The summed E-state index contributed by atoms with van der Waals surface area (Å²) in [7, 11) is 1.64. The van der Waals surface area contributed by atoms with Gasteiger partial charge >= 0.3 is 0 Å². The number of benzene rings is 3. The van der Waals surface area contributed by atoms with E-state index < -0.39 is 0 Å². The SMILES string of the molecule is COc1ccc(-c2cn3cc(-c4ccccc4)nc(NC(=O)c4ccccc4)c3n2)cc1.